The van der Waals surface area contributed by atoms with Gasteiger partial charge < -0.3 is 15.7 Å². The molecule has 94 valence electrons. The second kappa shape index (κ2) is 4.60. The Morgan fingerprint density at radius 2 is 2.31 bits per heavy atom. The minimum Gasteiger partial charge on any atom is -0.387 e. The van der Waals surface area contributed by atoms with E-state index in [1.807, 2.05) is 0 Å². The summed E-state index contributed by atoms with van der Waals surface area (Å²) < 4.78 is 22.5. The quantitative estimate of drug-likeness (QED) is 0.589. The zero-order valence-corrected chi connectivity index (χ0v) is 10.2. The van der Waals surface area contributed by atoms with Gasteiger partial charge in [-0.3, -0.25) is 0 Å². The number of nitrogens with one attached hydrogen (secondary N) is 2. The first-order valence-corrected chi connectivity index (χ1v) is 7.68. The van der Waals surface area contributed by atoms with Crippen molar-refractivity contribution in [1.82, 2.24) is 10.6 Å². The first-order valence-electron chi connectivity index (χ1n) is 5.86. The molecule has 2 rings (SSSR count). The molecule has 0 radical (unpaired) electrons. The molecular formula is C10H20N2O3S. The predicted octanol–water partition coefficient (Wildman–Crippen LogP) is -1.12. The Bertz CT molecular complexity index is 336. The Labute approximate surface area is 96.5 Å². The summed E-state index contributed by atoms with van der Waals surface area (Å²) in [5, 5.41) is 16.5. The Balaban J connectivity index is 1.79. The van der Waals surface area contributed by atoms with E-state index in [4.69, 9.17) is 0 Å². The van der Waals surface area contributed by atoms with E-state index in [9.17, 15) is 13.5 Å². The van der Waals surface area contributed by atoms with E-state index in [-0.39, 0.29) is 17.5 Å². The lowest BCUT2D eigenvalue weighted by Crippen LogP contribution is -2.53. The first-order chi connectivity index (χ1) is 7.49. The normalized spacial score (nSPS) is 38.7. The standard InChI is InChI=1S/C10H20N2O3S/c13-10(3-1-4-11-7-10)8-12-9-2-5-16(14,15)6-9/h9,11-13H,1-8H2. The summed E-state index contributed by atoms with van der Waals surface area (Å²) in [5.74, 6) is 0.498. The molecule has 0 saturated carbocycles. The average Bonchev–Trinajstić information content (AvgIpc) is 2.57. The maximum atomic E-state index is 11.3. The van der Waals surface area contributed by atoms with Crippen molar-refractivity contribution in [3.63, 3.8) is 0 Å². The number of hydrogen-bond donors (Lipinski definition) is 3. The van der Waals surface area contributed by atoms with Crippen LogP contribution in [0.15, 0.2) is 0 Å². The van der Waals surface area contributed by atoms with Crippen LogP contribution in [0.1, 0.15) is 19.3 Å². The highest BCUT2D eigenvalue weighted by Gasteiger charge is 2.32. The van der Waals surface area contributed by atoms with Crippen LogP contribution in [0.2, 0.25) is 0 Å². The number of rotatable bonds is 3. The van der Waals surface area contributed by atoms with Gasteiger partial charge in [0.25, 0.3) is 0 Å². The van der Waals surface area contributed by atoms with Crippen molar-refractivity contribution in [2.75, 3.05) is 31.1 Å². The topological polar surface area (TPSA) is 78.4 Å². The summed E-state index contributed by atoms with van der Waals surface area (Å²) >= 11 is 0. The Hall–Kier alpha value is -0.170. The summed E-state index contributed by atoms with van der Waals surface area (Å²) in [6.45, 7) is 2.04. The third-order valence-electron chi connectivity index (χ3n) is 3.40. The summed E-state index contributed by atoms with van der Waals surface area (Å²) in [7, 11) is -2.83. The van der Waals surface area contributed by atoms with E-state index in [0.717, 1.165) is 19.4 Å². The molecule has 0 amide bonds. The summed E-state index contributed by atoms with van der Waals surface area (Å²) in [5.41, 5.74) is -0.704. The number of sulfone groups is 1. The smallest absolute Gasteiger partial charge is 0.151 e. The van der Waals surface area contributed by atoms with Gasteiger partial charge in [-0.1, -0.05) is 0 Å². The van der Waals surface area contributed by atoms with Crippen LogP contribution < -0.4 is 10.6 Å². The summed E-state index contributed by atoms with van der Waals surface area (Å²) in [6, 6.07) is 0.0240. The molecule has 2 atom stereocenters. The number of aliphatic hydroxyl groups is 1. The van der Waals surface area contributed by atoms with Gasteiger partial charge >= 0.3 is 0 Å². The second-order valence-electron chi connectivity index (χ2n) is 4.99. The number of piperidine rings is 1. The SMILES string of the molecule is O=S1(=O)CCC(NCC2(O)CCCNC2)C1. The van der Waals surface area contributed by atoms with Crippen molar-refractivity contribution in [3.05, 3.63) is 0 Å². The van der Waals surface area contributed by atoms with Crippen LogP contribution in [0.4, 0.5) is 0 Å². The molecule has 0 aromatic carbocycles. The zero-order chi connectivity index (χ0) is 11.6. The van der Waals surface area contributed by atoms with Crippen LogP contribution >= 0.6 is 0 Å². The molecule has 0 spiro atoms. The van der Waals surface area contributed by atoms with Crippen molar-refractivity contribution in [2.45, 2.75) is 30.9 Å². The molecule has 0 bridgehead atoms. The van der Waals surface area contributed by atoms with Crippen molar-refractivity contribution >= 4 is 9.84 Å². The highest BCUT2D eigenvalue weighted by molar-refractivity contribution is 7.91. The van der Waals surface area contributed by atoms with Crippen molar-refractivity contribution in [1.29, 1.82) is 0 Å². The average molecular weight is 248 g/mol. The molecule has 2 unspecified atom stereocenters. The highest BCUT2D eigenvalue weighted by atomic mass is 32.2. The molecule has 2 saturated heterocycles. The molecule has 6 heteroatoms. The molecule has 3 N–H and O–H groups in total. The second-order valence-corrected chi connectivity index (χ2v) is 7.21. The minimum absolute atomic E-state index is 0.0240. The fourth-order valence-electron chi connectivity index (χ4n) is 2.39. The predicted molar refractivity (Wildman–Crippen MR) is 62.1 cm³/mol. The molecule has 0 aromatic rings. The maximum absolute atomic E-state index is 11.3. The lowest BCUT2D eigenvalue weighted by atomic mass is 9.94. The van der Waals surface area contributed by atoms with Gasteiger partial charge in [-0.05, 0) is 25.8 Å². The molecule has 2 aliphatic rings. The zero-order valence-electron chi connectivity index (χ0n) is 9.41. The molecule has 2 aliphatic heterocycles. The number of hydrogen-bond acceptors (Lipinski definition) is 5. The summed E-state index contributed by atoms with van der Waals surface area (Å²) in [4.78, 5) is 0. The van der Waals surface area contributed by atoms with Gasteiger partial charge in [0.1, 0.15) is 0 Å². The van der Waals surface area contributed by atoms with E-state index in [0.29, 0.717) is 19.5 Å². The number of β-amino-alcohol motifs (C(OH)–C–C–N with tert-alkyl or cyclic N) is 1. The lowest BCUT2D eigenvalue weighted by Gasteiger charge is -2.33. The molecule has 0 aliphatic carbocycles. The van der Waals surface area contributed by atoms with Crippen LogP contribution in [-0.4, -0.2) is 56.3 Å². The van der Waals surface area contributed by atoms with Crippen molar-refractivity contribution in [2.24, 2.45) is 0 Å². The van der Waals surface area contributed by atoms with Crippen LogP contribution in [-0.2, 0) is 9.84 Å². The lowest BCUT2D eigenvalue weighted by molar-refractivity contribution is 0.0154. The van der Waals surface area contributed by atoms with Gasteiger partial charge in [-0.2, -0.15) is 0 Å². The molecule has 2 fully saturated rings. The van der Waals surface area contributed by atoms with E-state index in [1.165, 1.54) is 0 Å². The Kier molecular flexibility index (Phi) is 3.53. The van der Waals surface area contributed by atoms with Gasteiger partial charge in [-0.15, -0.1) is 0 Å². The van der Waals surface area contributed by atoms with E-state index in [2.05, 4.69) is 10.6 Å². The molecular weight excluding hydrogens is 228 g/mol. The van der Waals surface area contributed by atoms with E-state index < -0.39 is 15.4 Å². The van der Waals surface area contributed by atoms with Gasteiger partial charge in [0.2, 0.25) is 0 Å². The van der Waals surface area contributed by atoms with Crippen molar-refractivity contribution < 1.29 is 13.5 Å². The fraction of sp³-hybridized carbons (Fsp3) is 1.00. The molecule has 16 heavy (non-hydrogen) atoms. The third-order valence-corrected chi connectivity index (χ3v) is 5.17. The van der Waals surface area contributed by atoms with Crippen molar-refractivity contribution in [3.8, 4) is 0 Å². The van der Waals surface area contributed by atoms with Crippen LogP contribution in [0, 0.1) is 0 Å². The van der Waals surface area contributed by atoms with Crippen LogP contribution in [0.3, 0.4) is 0 Å². The first kappa shape index (κ1) is 12.3. The van der Waals surface area contributed by atoms with E-state index in [1.54, 1.807) is 0 Å². The molecule has 5 nitrogen and oxygen atoms in total. The van der Waals surface area contributed by atoms with Gasteiger partial charge in [0.15, 0.2) is 9.84 Å². The summed E-state index contributed by atoms with van der Waals surface area (Å²) in [6.07, 6.45) is 2.43. The molecule has 0 aromatic heterocycles. The van der Waals surface area contributed by atoms with E-state index >= 15 is 0 Å². The highest BCUT2D eigenvalue weighted by Crippen LogP contribution is 2.17. The third kappa shape index (κ3) is 3.16. The largest absolute Gasteiger partial charge is 0.387 e. The molecule has 2 heterocycles. The fourth-order valence-corrected chi connectivity index (χ4v) is 4.10. The van der Waals surface area contributed by atoms with Crippen LogP contribution in [0.25, 0.3) is 0 Å². The van der Waals surface area contributed by atoms with Gasteiger partial charge in [0.05, 0.1) is 17.1 Å². The Morgan fingerprint density at radius 1 is 1.50 bits per heavy atom. The monoisotopic (exact) mass is 248 g/mol. The van der Waals surface area contributed by atoms with Crippen LogP contribution in [0.5, 0.6) is 0 Å². The minimum atomic E-state index is -2.83. The van der Waals surface area contributed by atoms with Gasteiger partial charge in [-0.25, -0.2) is 8.42 Å². The Morgan fingerprint density at radius 3 is 2.88 bits per heavy atom. The maximum Gasteiger partial charge on any atom is 0.151 e. The van der Waals surface area contributed by atoms with Gasteiger partial charge in [0, 0.05) is 19.1 Å².